The first-order valence-electron chi connectivity index (χ1n) is 7.26. The van der Waals surface area contributed by atoms with Crippen LogP contribution in [0.5, 0.6) is 17.2 Å². The van der Waals surface area contributed by atoms with Gasteiger partial charge in [0.2, 0.25) is 0 Å². The Labute approximate surface area is 127 Å². The lowest BCUT2D eigenvalue weighted by Gasteiger charge is -2.24. The Morgan fingerprint density at radius 1 is 1.14 bits per heavy atom. The van der Waals surface area contributed by atoms with Crippen LogP contribution in [-0.4, -0.2) is 45.9 Å². The predicted molar refractivity (Wildman–Crippen MR) is 83.2 cm³/mol. The van der Waals surface area contributed by atoms with E-state index in [1.54, 1.807) is 21.3 Å². The van der Waals surface area contributed by atoms with E-state index in [1.165, 1.54) is 0 Å². The van der Waals surface area contributed by atoms with Crippen molar-refractivity contribution in [2.24, 2.45) is 11.1 Å². The first-order chi connectivity index (χ1) is 10.0. The molecule has 0 spiro atoms. The van der Waals surface area contributed by atoms with Crippen LogP contribution in [0, 0.1) is 5.41 Å². The van der Waals surface area contributed by atoms with Gasteiger partial charge < -0.3 is 19.9 Å². The number of hydrogen-bond donors (Lipinski definition) is 1. The Bertz CT molecular complexity index is 467. The van der Waals surface area contributed by atoms with E-state index in [4.69, 9.17) is 19.9 Å². The molecule has 1 fully saturated rings. The Morgan fingerprint density at radius 2 is 1.76 bits per heavy atom. The van der Waals surface area contributed by atoms with Crippen molar-refractivity contribution in [2.45, 2.75) is 19.9 Å². The minimum Gasteiger partial charge on any atom is -0.496 e. The van der Waals surface area contributed by atoms with Gasteiger partial charge in [0.05, 0.1) is 26.9 Å². The van der Waals surface area contributed by atoms with E-state index in [9.17, 15) is 0 Å². The summed E-state index contributed by atoms with van der Waals surface area (Å²) in [6, 6.07) is 3.80. The summed E-state index contributed by atoms with van der Waals surface area (Å²) in [5.74, 6) is 2.33. The molecule has 0 aliphatic carbocycles. The summed E-state index contributed by atoms with van der Waals surface area (Å²) >= 11 is 0. The number of hydrogen-bond acceptors (Lipinski definition) is 5. The van der Waals surface area contributed by atoms with E-state index >= 15 is 0 Å². The van der Waals surface area contributed by atoms with Crippen molar-refractivity contribution in [3.63, 3.8) is 0 Å². The number of likely N-dealkylation sites (tertiary alicyclic amines) is 1. The quantitative estimate of drug-likeness (QED) is 0.868. The smallest absolute Gasteiger partial charge is 0.130 e. The molecule has 0 amide bonds. The zero-order chi connectivity index (χ0) is 15.5. The van der Waals surface area contributed by atoms with Crippen LogP contribution in [0.2, 0.25) is 0 Å². The Balaban J connectivity index is 2.23. The number of benzene rings is 1. The van der Waals surface area contributed by atoms with Gasteiger partial charge in [-0.25, -0.2) is 0 Å². The summed E-state index contributed by atoms with van der Waals surface area (Å²) in [4.78, 5) is 2.40. The molecule has 5 heteroatoms. The molecular formula is C16H26N2O3. The molecule has 1 aliphatic rings. The number of rotatable bonds is 6. The lowest BCUT2D eigenvalue weighted by atomic mass is 9.90. The SMILES string of the molecule is COc1cc(OC)c(CN2CCC(C)(CN)C2)c(OC)c1. The highest BCUT2D eigenvalue weighted by Gasteiger charge is 2.33. The predicted octanol–water partition coefficient (Wildman–Crippen LogP) is 1.88. The van der Waals surface area contributed by atoms with Gasteiger partial charge in [-0.15, -0.1) is 0 Å². The molecule has 1 aromatic carbocycles. The van der Waals surface area contributed by atoms with Gasteiger partial charge >= 0.3 is 0 Å². The molecule has 5 nitrogen and oxygen atoms in total. The highest BCUT2D eigenvalue weighted by Crippen LogP contribution is 2.37. The second-order valence-electron chi connectivity index (χ2n) is 5.99. The molecule has 0 aromatic heterocycles. The molecule has 1 unspecified atom stereocenters. The molecule has 21 heavy (non-hydrogen) atoms. The van der Waals surface area contributed by atoms with Crippen LogP contribution in [0.25, 0.3) is 0 Å². The van der Waals surface area contributed by atoms with E-state index < -0.39 is 0 Å². The van der Waals surface area contributed by atoms with E-state index in [0.717, 1.165) is 55.4 Å². The van der Waals surface area contributed by atoms with Crippen molar-refractivity contribution in [2.75, 3.05) is 41.0 Å². The summed E-state index contributed by atoms with van der Waals surface area (Å²) in [6.07, 6.45) is 1.13. The van der Waals surface area contributed by atoms with Gasteiger partial charge in [0.25, 0.3) is 0 Å². The van der Waals surface area contributed by atoms with E-state index in [2.05, 4.69) is 11.8 Å². The number of nitrogens with zero attached hydrogens (tertiary/aromatic N) is 1. The van der Waals surface area contributed by atoms with Gasteiger partial charge in [0.15, 0.2) is 0 Å². The van der Waals surface area contributed by atoms with Crippen molar-refractivity contribution in [3.8, 4) is 17.2 Å². The number of ether oxygens (including phenoxy) is 3. The molecule has 1 aromatic rings. The maximum Gasteiger partial charge on any atom is 0.130 e. The lowest BCUT2D eigenvalue weighted by molar-refractivity contribution is 0.265. The average molecular weight is 294 g/mol. The Morgan fingerprint density at radius 3 is 2.19 bits per heavy atom. The number of nitrogens with two attached hydrogens (primary N) is 1. The Hall–Kier alpha value is -1.46. The van der Waals surface area contributed by atoms with Crippen LogP contribution in [-0.2, 0) is 6.54 Å². The Kier molecular flexibility index (Phi) is 4.96. The molecule has 2 N–H and O–H groups in total. The third-order valence-corrected chi connectivity index (χ3v) is 4.33. The summed E-state index contributed by atoms with van der Waals surface area (Å²) in [5, 5.41) is 0. The molecule has 118 valence electrons. The molecule has 1 aliphatic heterocycles. The van der Waals surface area contributed by atoms with Gasteiger partial charge in [0.1, 0.15) is 17.2 Å². The van der Waals surface area contributed by atoms with Crippen LogP contribution >= 0.6 is 0 Å². The van der Waals surface area contributed by atoms with E-state index in [1.807, 2.05) is 12.1 Å². The van der Waals surface area contributed by atoms with Gasteiger partial charge in [-0.05, 0) is 24.9 Å². The molecule has 1 saturated heterocycles. The van der Waals surface area contributed by atoms with Gasteiger partial charge in [0, 0.05) is 25.2 Å². The topological polar surface area (TPSA) is 57.0 Å². The van der Waals surface area contributed by atoms with Crippen LogP contribution in [0.15, 0.2) is 12.1 Å². The van der Waals surface area contributed by atoms with Gasteiger partial charge in [-0.1, -0.05) is 6.92 Å². The highest BCUT2D eigenvalue weighted by molar-refractivity contribution is 5.50. The zero-order valence-corrected chi connectivity index (χ0v) is 13.4. The fraction of sp³-hybridized carbons (Fsp3) is 0.625. The van der Waals surface area contributed by atoms with Crippen LogP contribution in [0.4, 0.5) is 0 Å². The van der Waals surface area contributed by atoms with Crippen molar-refractivity contribution in [3.05, 3.63) is 17.7 Å². The average Bonchev–Trinajstić information content (AvgIpc) is 2.89. The molecule has 1 atom stereocenters. The fourth-order valence-corrected chi connectivity index (χ4v) is 2.88. The largest absolute Gasteiger partial charge is 0.496 e. The number of methoxy groups -OCH3 is 3. The van der Waals surface area contributed by atoms with Crippen molar-refractivity contribution in [1.82, 2.24) is 4.90 Å². The van der Waals surface area contributed by atoms with Gasteiger partial charge in [-0.3, -0.25) is 4.90 Å². The summed E-state index contributed by atoms with van der Waals surface area (Å²) in [6.45, 7) is 5.82. The van der Waals surface area contributed by atoms with E-state index in [0.29, 0.717) is 0 Å². The van der Waals surface area contributed by atoms with Crippen molar-refractivity contribution in [1.29, 1.82) is 0 Å². The first kappa shape index (κ1) is 15.9. The second-order valence-corrected chi connectivity index (χ2v) is 5.99. The van der Waals surface area contributed by atoms with Gasteiger partial charge in [-0.2, -0.15) is 0 Å². The molecule has 0 bridgehead atoms. The third-order valence-electron chi connectivity index (χ3n) is 4.33. The molecule has 0 radical (unpaired) electrons. The van der Waals surface area contributed by atoms with Crippen molar-refractivity contribution >= 4 is 0 Å². The second kappa shape index (κ2) is 6.54. The standard InChI is InChI=1S/C16H26N2O3/c1-16(10-17)5-6-18(11-16)9-13-14(20-3)7-12(19-2)8-15(13)21-4/h7-8H,5-6,9-11,17H2,1-4H3. The summed E-state index contributed by atoms with van der Waals surface area (Å²) in [5.41, 5.74) is 7.15. The minimum absolute atomic E-state index is 0.215. The lowest BCUT2D eigenvalue weighted by Crippen LogP contribution is -2.31. The van der Waals surface area contributed by atoms with Crippen LogP contribution < -0.4 is 19.9 Å². The van der Waals surface area contributed by atoms with Crippen molar-refractivity contribution < 1.29 is 14.2 Å². The molecular weight excluding hydrogens is 268 g/mol. The molecule has 2 rings (SSSR count). The normalized spacial score (nSPS) is 22.3. The maximum atomic E-state index is 5.88. The highest BCUT2D eigenvalue weighted by atomic mass is 16.5. The fourth-order valence-electron chi connectivity index (χ4n) is 2.88. The first-order valence-corrected chi connectivity index (χ1v) is 7.26. The third kappa shape index (κ3) is 3.41. The monoisotopic (exact) mass is 294 g/mol. The summed E-state index contributed by atoms with van der Waals surface area (Å²) < 4.78 is 16.3. The van der Waals surface area contributed by atoms with E-state index in [-0.39, 0.29) is 5.41 Å². The molecule has 0 saturated carbocycles. The zero-order valence-electron chi connectivity index (χ0n) is 13.4. The van der Waals surface area contributed by atoms with Crippen LogP contribution in [0.3, 0.4) is 0 Å². The summed E-state index contributed by atoms with van der Waals surface area (Å²) in [7, 11) is 4.98. The molecule has 1 heterocycles. The van der Waals surface area contributed by atoms with Crippen LogP contribution in [0.1, 0.15) is 18.9 Å². The minimum atomic E-state index is 0.215. The maximum absolute atomic E-state index is 5.88.